The summed E-state index contributed by atoms with van der Waals surface area (Å²) in [7, 11) is 2.11. The van der Waals surface area contributed by atoms with E-state index in [1.165, 1.54) is 12.6 Å². The Labute approximate surface area is 184 Å². The molecule has 1 fully saturated rings. The minimum absolute atomic E-state index is 0.0347. The van der Waals surface area contributed by atoms with E-state index in [2.05, 4.69) is 42.5 Å². The molecule has 3 aromatic rings. The lowest BCUT2D eigenvalue weighted by atomic mass is 10.1. The maximum Gasteiger partial charge on any atom is 0.242 e. The molecule has 4 heterocycles. The largest absolute Gasteiger partial charge is 0.356 e. The Balaban J connectivity index is 1.43. The van der Waals surface area contributed by atoms with Gasteiger partial charge in [-0.3, -0.25) is 4.79 Å². The fourth-order valence-electron chi connectivity index (χ4n) is 3.89. The summed E-state index contributed by atoms with van der Waals surface area (Å²) in [4.78, 5) is 30.4. The Morgan fingerprint density at radius 3 is 3.03 bits per heavy atom. The van der Waals surface area contributed by atoms with Crippen molar-refractivity contribution in [1.29, 1.82) is 0 Å². The van der Waals surface area contributed by atoms with E-state index in [0.717, 1.165) is 31.0 Å². The quantitative estimate of drug-likeness (QED) is 0.516. The fraction of sp³-hybridized carbons (Fsp3) is 0.429. The van der Waals surface area contributed by atoms with Crippen LogP contribution in [-0.4, -0.2) is 63.0 Å². The van der Waals surface area contributed by atoms with Crippen molar-refractivity contribution < 1.29 is 9.18 Å². The number of hydrogen-bond donors (Lipinski definition) is 3. The van der Waals surface area contributed by atoms with E-state index < -0.39 is 11.9 Å². The fourth-order valence-corrected chi connectivity index (χ4v) is 4.05. The lowest BCUT2D eigenvalue weighted by Gasteiger charge is -2.20. The molecule has 1 aliphatic heterocycles. The summed E-state index contributed by atoms with van der Waals surface area (Å²) in [5.41, 5.74) is 1.27. The Hall–Kier alpha value is -2.78. The molecule has 1 saturated heterocycles. The number of H-pyrrole nitrogens is 1. The second-order valence-electron chi connectivity index (χ2n) is 7.86. The standard InChI is InChI=1S/C21H25ClFN7O/c1-12(21(31)24-6-5-14-4-3-7-30(14)2)28-20-17(23)11-27-19(29-20)16-10-26-18-15(16)8-13(22)9-25-18/h8-12,14H,3-7H2,1-2H3,(H,24,31)(H,25,26)(H,27,28,29)/t12-,14+/m0/s1. The number of nitrogens with zero attached hydrogens (tertiary/aromatic N) is 4. The molecule has 4 rings (SSSR count). The van der Waals surface area contributed by atoms with Gasteiger partial charge in [0.1, 0.15) is 11.7 Å². The molecule has 31 heavy (non-hydrogen) atoms. The van der Waals surface area contributed by atoms with E-state index in [4.69, 9.17) is 11.6 Å². The van der Waals surface area contributed by atoms with Gasteiger partial charge in [0, 0.05) is 35.9 Å². The van der Waals surface area contributed by atoms with Gasteiger partial charge in [0.15, 0.2) is 17.5 Å². The Bertz CT molecular complexity index is 1090. The predicted molar refractivity (Wildman–Crippen MR) is 118 cm³/mol. The SMILES string of the molecule is C[C@H](Nc1nc(-c2c[nH]c3ncc(Cl)cc23)ncc1F)C(=O)NCC[C@H]1CCCN1C. The molecule has 8 nitrogen and oxygen atoms in total. The number of rotatable bonds is 7. The third-order valence-corrected chi connectivity index (χ3v) is 5.88. The average Bonchev–Trinajstić information content (AvgIpc) is 3.35. The van der Waals surface area contributed by atoms with Gasteiger partial charge in [-0.25, -0.2) is 19.3 Å². The molecule has 0 spiro atoms. The van der Waals surface area contributed by atoms with Gasteiger partial charge in [0.05, 0.1) is 11.2 Å². The first-order chi connectivity index (χ1) is 14.9. The van der Waals surface area contributed by atoms with E-state index in [1.54, 1.807) is 19.2 Å². The molecule has 1 aliphatic rings. The summed E-state index contributed by atoms with van der Waals surface area (Å²) in [5, 5.41) is 6.98. The first kappa shape index (κ1) is 21.5. The number of anilines is 1. The Morgan fingerprint density at radius 1 is 1.42 bits per heavy atom. The second kappa shape index (κ2) is 9.15. The van der Waals surface area contributed by atoms with Gasteiger partial charge in [-0.05, 0) is 45.8 Å². The number of halogens is 2. The van der Waals surface area contributed by atoms with Gasteiger partial charge in [-0.2, -0.15) is 0 Å². The van der Waals surface area contributed by atoms with Crippen LogP contribution in [0.15, 0.2) is 24.7 Å². The Morgan fingerprint density at radius 2 is 2.26 bits per heavy atom. The summed E-state index contributed by atoms with van der Waals surface area (Å²) in [6, 6.07) is 1.59. The van der Waals surface area contributed by atoms with Crippen LogP contribution in [0, 0.1) is 5.82 Å². The van der Waals surface area contributed by atoms with Gasteiger partial charge in [-0.15, -0.1) is 0 Å². The van der Waals surface area contributed by atoms with Crippen LogP contribution in [0.25, 0.3) is 22.4 Å². The second-order valence-corrected chi connectivity index (χ2v) is 8.30. The molecule has 0 bridgehead atoms. The van der Waals surface area contributed by atoms with E-state index in [0.29, 0.717) is 34.6 Å². The molecule has 0 aliphatic carbocycles. The van der Waals surface area contributed by atoms with E-state index in [-0.39, 0.29) is 11.7 Å². The third kappa shape index (κ3) is 4.77. The van der Waals surface area contributed by atoms with Crippen LogP contribution in [0.3, 0.4) is 0 Å². The van der Waals surface area contributed by atoms with Crippen LogP contribution in [0.1, 0.15) is 26.2 Å². The number of fused-ring (bicyclic) bond motifs is 1. The molecular weight excluding hydrogens is 421 g/mol. The first-order valence-electron chi connectivity index (χ1n) is 10.3. The lowest BCUT2D eigenvalue weighted by Crippen LogP contribution is -2.40. The van der Waals surface area contributed by atoms with Crippen LogP contribution in [0.4, 0.5) is 10.2 Å². The van der Waals surface area contributed by atoms with Crippen molar-refractivity contribution >= 4 is 34.4 Å². The third-order valence-electron chi connectivity index (χ3n) is 5.68. The molecule has 164 valence electrons. The number of nitrogens with one attached hydrogen (secondary N) is 3. The number of likely N-dealkylation sites (tertiary alicyclic amines) is 1. The normalized spacial score (nSPS) is 17.7. The number of carbonyl (C=O) groups is 1. The van der Waals surface area contributed by atoms with Crippen molar-refractivity contribution in [2.75, 3.05) is 25.5 Å². The minimum atomic E-state index is -0.655. The number of aromatic nitrogens is 4. The summed E-state index contributed by atoms with van der Waals surface area (Å²) >= 11 is 6.05. The summed E-state index contributed by atoms with van der Waals surface area (Å²) < 4.78 is 14.3. The van der Waals surface area contributed by atoms with Crippen molar-refractivity contribution in [2.45, 2.75) is 38.3 Å². The molecule has 10 heteroatoms. The van der Waals surface area contributed by atoms with E-state index in [1.807, 2.05) is 0 Å². The van der Waals surface area contributed by atoms with Crippen molar-refractivity contribution in [3.8, 4) is 11.4 Å². The molecule has 0 unspecified atom stereocenters. The highest BCUT2D eigenvalue weighted by Gasteiger charge is 2.22. The molecule has 0 saturated carbocycles. The summed E-state index contributed by atoms with van der Waals surface area (Å²) in [6.07, 6.45) is 7.57. The minimum Gasteiger partial charge on any atom is -0.356 e. The molecule has 2 atom stereocenters. The van der Waals surface area contributed by atoms with Crippen LogP contribution in [-0.2, 0) is 4.79 Å². The maximum atomic E-state index is 14.3. The highest BCUT2D eigenvalue weighted by atomic mass is 35.5. The Kier molecular flexibility index (Phi) is 6.33. The predicted octanol–water partition coefficient (Wildman–Crippen LogP) is 3.21. The monoisotopic (exact) mass is 445 g/mol. The molecule has 0 radical (unpaired) electrons. The lowest BCUT2D eigenvalue weighted by molar-refractivity contribution is -0.121. The maximum absolute atomic E-state index is 14.3. The zero-order valence-electron chi connectivity index (χ0n) is 17.5. The number of hydrogen-bond acceptors (Lipinski definition) is 6. The van der Waals surface area contributed by atoms with Crippen molar-refractivity contribution in [3.63, 3.8) is 0 Å². The van der Waals surface area contributed by atoms with Gasteiger partial charge in [0.25, 0.3) is 0 Å². The summed E-state index contributed by atoms with van der Waals surface area (Å²) in [5.74, 6) is -0.570. The topological polar surface area (TPSA) is 98.8 Å². The number of aromatic amines is 1. The molecular formula is C21H25ClFN7O. The highest BCUT2D eigenvalue weighted by Crippen LogP contribution is 2.28. The van der Waals surface area contributed by atoms with Crippen molar-refractivity contribution in [1.82, 2.24) is 30.2 Å². The van der Waals surface area contributed by atoms with Crippen molar-refractivity contribution in [2.24, 2.45) is 0 Å². The number of carbonyl (C=O) groups excluding carboxylic acids is 1. The summed E-state index contributed by atoms with van der Waals surface area (Å²) in [6.45, 7) is 3.36. The van der Waals surface area contributed by atoms with Crippen molar-refractivity contribution in [3.05, 3.63) is 35.5 Å². The van der Waals surface area contributed by atoms with E-state index in [9.17, 15) is 9.18 Å². The smallest absolute Gasteiger partial charge is 0.242 e. The molecule has 3 aromatic heterocycles. The zero-order chi connectivity index (χ0) is 22.0. The molecule has 1 amide bonds. The van der Waals surface area contributed by atoms with Gasteiger partial charge in [-0.1, -0.05) is 11.6 Å². The number of pyridine rings is 1. The molecule has 0 aromatic carbocycles. The average molecular weight is 446 g/mol. The van der Waals surface area contributed by atoms with Crippen LogP contribution < -0.4 is 10.6 Å². The van der Waals surface area contributed by atoms with Crippen LogP contribution >= 0.6 is 11.6 Å². The van der Waals surface area contributed by atoms with Gasteiger partial charge < -0.3 is 20.5 Å². The zero-order valence-corrected chi connectivity index (χ0v) is 18.2. The van der Waals surface area contributed by atoms with Crippen LogP contribution in [0.5, 0.6) is 0 Å². The number of amides is 1. The first-order valence-corrected chi connectivity index (χ1v) is 10.7. The molecule has 3 N–H and O–H groups in total. The van der Waals surface area contributed by atoms with Gasteiger partial charge in [0.2, 0.25) is 5.91 Å². The van der Waals surface area contributed by atoms with E-state index >= 15 is 0 Å². The van der Waals surface area contributed by atoms with Crippen LogP contribution in [0.2, 0.25) is 5.02 Å². The highest BCUT2D eigenvalue weighted by molar-refractivity contribution is 6.31. The van der Waals surface area contributed by atoms with Gasteiger partial charge >= 0.3 is 0 Å².